The van der Waals surface area contributed by atoms with Crippen LogP contribution in [-0.4, -0.2) is 23.5 Å². The van der Waals surface area contributed by atoms with Crippen molar-refractivity contribution in [2.45, 2.75) is 32.7 Å². The predicted molar refractivity (Wildman–Crippen MR) is 100 cm³/mol. The second-order valence-electron chi connectivity index (χ2n) is 7.59. The summed E-state index contributed by atoms with van der Waals surface area (Å²) in [4.78, 5) is 37.8. The lowest BCUT2D eigenvalue weighted by Gasteiger charge is -2.41. The molecule has 0 radical (unpaired) electrons. The Hall–Kier alpha value is -3.02. The molecule has 6 heteroatoms. The third-order valence-corrected chi connectivity index (χ3v) is 5.72. The Morgan fingerprint density at radius 1 is 1.14 bits per heavy atom. The van der Waals surface area contributed by atoms with Gasteiger partial charge in [-0.3, -0.25) is 14.4 Å². The molecule has 4 rings (SSSR count). The van der Waals surface area contributed by atoms with Crippen molar-refractivity contribution in [2.24, 2.45) is 11.8 Å². The predicted octanol–water partition coefficient (Wildman–Crippen LogP) is 3.65. The minimum Gasteiger partial charge on any atom is -0.468 e. The van der Waals surface area contributed by atoms with Gasteiger partial charge in [-0.2, -0.15) is 0 Å². The number of carbonyl (C=O) groups is 3. The second kappa shape index (κ2) is 6.55. The number of halogens is 1. The highest BCUT2D eigenvalue weighted by Gasteiger charge is 2.52. The maximum absolute atomic E-state index is 13.3. The average Bonchev–Trinajstić information content (AvgIpc) is 3.07. The third-order valence-electron chi connectivity index (χ3n) is 5.72. The summed E-state index contributed by atoms with van der Waals surface area (Å²) >= 11 is 0. The highest BCUT2D eigenvalue weighted by Crippen LogP contribution is 2.48. The molecule has 4 unspecified atom stereocenters. The van der Waals surface area contributed by atoms with Crippen LogP contribution >= 0.6 is 0 Å². The fraction of sp³-hybridized carbons (Fsp3) is 0.318. The van der Waals surface area contributed by atoms with Gasteiger partial charge in [0.05, 0.1) is 23.8 Å². The van der Waals surface area contributed by atoms with E-state index < -0.39 is 23.5 Å². The van der Waals surface area contributed by atoms with Crippen molar-refractivity contribution in [1.29, 1.82) is 0 Å². The highest BCUT2D eigenvalue weighted by atomic mass is 19.1. The molecular weight excluding hydrogens is 361 g/mol. The van der Waals surface area contributed by atoms with Crippen LogP contribution in [0.3, 0.4) is 0 Å². The molecule has 1 N–H and O–H groups in total. The molecule has 2 aromatic rings. The molecule has 1 amide bonds. The number of furan rings is 1. The number of nitrogens with one attached hydrogen (secondary N) is 1. The summed E-state index contributed by atoms with van der Waals surface area (Å²) in [6, 6.07) is 5.17. The zero-order valence-corrected chi connectivity index (χ0v) is 15.8. The summed E-state index contributed by atoms with van der Waals surface area (Å²) in [6.45, 7) is 5.21. The van der Waals surface area contributed by atoms with E-state index in [4.69, 9.17) is 4.42 Å². The summed E-state index contributed by atoms with van der Waals surface area (Å²) < 4.78 is 19.1. The minimum atomic E-state index is -0.698. The molecule has 0 spiro atoms. The lowest BCUT2D eigenvalue weighted by Crippen LogP contribution is -2.52. The zero-order valence-electron chi connectivity index (χ0n) is 15.8. The molecule has 1 aromatic heterocycles. The Balaban J connectivity index is 1.86. The molecule has 0 saturated heterocycles. The third kappa shape index (κ3) is 2.71. The molecule has 1 aromatic carbocycles. The molecule has 2 aliphatic carbocycles. The number of rotatable bonds is 2. The molecule has 5 nitrogen and oxygen atoms in total. The molecule has 1 heterocycles. The zero-order chi connectivity index (χ0) is 20.2. The van der Waals surface area contributed by atoms with Gasteiger partial charge in [0.2, 0.25) is 17.5 Å². The minimum absolute atomic E-state index is 0.0435. The van der Waals surface area contributed by atoms with Crippen molar-refractivity contribution in [1.82, 2.24) is 5.32 Å². The molecule has 144 valence electrons. The monoisotopic (exact) mass is 381 g/mol. The lowest BCUT2D eigenvalue weighted by molar-refractivity contribution is -0.123. The number of amides is 1. The van der Waals surface area contributed by atoms with Crippen LogP contribution in [0, 0.1) is 17.7 Å². The number of hydrogen-bond donors (Lipinski definition) is 1. The summed E-state index contributed by atoms with van der Waals surface area (Å²) in [7, 11) is 0. The van der Waals surface area contributed by atoms with Crippen LogP contribution in [0.2, 0.25) is 0 Å². The van der Waals surface area contributed by atoms with Gasteiger partial charge in [0, 0.05) is 18.4 Å². The van der Waals surface area contributed by atoms with E-state index in [1.165, 1.54) is 25.3 Å². The fourth-order valence-electron chi connectivity index (χ4n) is 4.55. The lowest BCUT2D eigenvalue weighted by atomic mass is 9.63. The summed E-state index contributed by atoms with van der Waals surface area (Å²) in [5, 5.41) is 2.81. The van der Waals surface area contributed by atoms with Gasteiger partial charge in [-0.25, -0.2) is 4.39 Å². The first-order chi connectivity index (χ1) is 13.3. The van der Waals surface area contributed by atoms with Crippen LogP contribution in [0.25, 0.3) is 11.1 Å². The first-order valence-electron chi connectivity index (χ1n) is 9.21. The van der Waals surface area contributed by atoms with Gasteiger partial charge in [-0.15, -0.1) is 0 Å². The van der Waals surface area contributed by atoms with Crippen LogP contribution in [0.15, 0.2) is 46.6 Å². The Bertz CT molecular complexity index is 1020. The molecule has 0 saturated carbocycles. The van der Waals surface area contributed by atoms with E-state index in [0.29, 0.717) is 16.9 Å². The van der Waals surface area contributed by atoms with E-state index in [-0.39, 0.29) is 29.1 Å². The van der Waals surface area contributed by atoms with Gasteiger partial charge in [-0.05, 0) is 30.5 Å². The number of carbonyl (C=O) groups excluding carboxylic acids is 3. The Labute approximate surface area is 161 Å². The van der Waals surface area contributed by atoms with Crippen molar-refractivity contribution < 1.29 is 23.2 Å². The van der Waals surface area contributed by atoms with Crippen molar-refractivity contribution >= 4 is 17.5 Å². The number of Topliss-reactive ketones (excluding diaryl/α,β-unsaturated/α-hetero) is 2. The van der Waals surface area contributed by atoms with E-state index in [0.717, 1.165) is 5.57 Å². The van der Waals surface area contributed by atoms with E-state index in [1.807, 2.05) is 19.9 Å². The number of benzene rings is 1. The van der Waals surface area contributed by atoms with Gasteiger partial charge in [0.15, 0.2) is 0 Å². The number of fused-ring (bicyclic) bond motifs is 3. The summed E-state index contributed by atoms with van der Waals surface area (Å²) in [6.07, 6.45) is 3.46. The standard InChI is InChI=1S/C22H20FNO4/c1-10-8-11(2)19(24-12(3)25)18-16(10)22-17(20(26)21(18)27)15(9-28-22)13-4-6-14(23)7-5-13/h4-10,16,18-19H,1-3H3,(H,24,25). The van der Waals surface area contributed by atoms with Crippen molar-refractivity contribution in [3.63, 3.8) is 0 Å². The Kier molecular flexibility index (Phi) is 4.29. The van der Waals surface area contributed by atoms with Gasteiger partial charge in [-0.1, -0.05) is 30.7 Å². The van der Waals surface area contributed by atoms with Gasteiger partial charge >= 0.3 is 0 Å². The molecule has 0 fully saturated rings. The van der Waals surface area contributed by atoms with E-state index in [1.54, 1.807) is 12.1 Å². The van der Waals surface area contributed by atoms with E-state index >= 15 is 0 Å². The van der Waals surface area contributed by atoms with Gasteiger partial charge in [0.1, 0.15) is 11.6 Å². The number of hydrogen-bond acceptors (Lipinski definition) is 4. The van der Waals surface area contributed by atoms with Gasteiger partial charge < -0.3 is 9.73 Å². The molecule has 0 aliphatic heterocycles. The van der Waals surface area contributed by atoms with Gasteiger partial charge in [0.25, 0.3) is 0 Å². The largest absolute Gasteiger partial charge is 0.468 e. The summed E-state index contributed by atoms with van der Waals surface area (Å²) in [5.74, 6) is -2.43. The van der Waals surface area contributed by atoms with Crippen LogP contribution in [-0.2, 0) is 9.59 Å². The fourth-order valence-corrected chi connectivity index (χ4v) is 4.55. The summed E-state index contributed by atoms with van der Waals surface area (Å²) in [5.41, 5.74) is 2.21. The van der Waals surface area contributed by atoms with E-state index in [2.05, 4.69) is 5.32 Å². The smallest absolute Gasteiger partial charge is 0.233 e. The van der Waals surface area contributed by atoms with Crippen molar-refractivity contribution in [2.75, 3.05) is 0 Å². The number of ketones is 2. The van der Waals surface area contributed by atoms with Crippen molar-refractivity contribution in [3.8, 4) is 11.1 Å². The Morgan fingerprint density at radius 3 is 2.46 bits per heavy atom. The van der Waals surface area contributed by atoms with E-state index in [9.17, 15) is 18.8 Å². The quantitative estimate of drug-likeness (QED) is 0.636. The molecular formula is C22H20FNO4. The molecule has 0 bridgehead atoms. The van der Waals surface area contributed by atoms with Crippen molar-refractivity contribution in [3.05, 3.63) is 59.3 Å². The first kappa shape index (κ1) is 18.3. The highest BCUT2D eigenvalue weighted by molar-refractivity contribution is 6.47. The molecule has 4 atom stereocenters. The number of allylic oxidation sites excluding steroid dienone is 1. The topological polar surface area (TPSA) is 76.4 Å². The Morgan fingerprint density at radius 2 is 1.82 bits per heavy atom. The molecule has 28 heavy (non-hydrogen) atoms. The second-order valence-corrected chi connectivity index (χ2v) is 7.59. The van der Waals surface area contributed by atoms with Crippen LogP contribution in [0.5, 0.6) is 0 Å². The maximum atomic E-state index is 13.3. The average molecular weight is 381 g/mol. The normalized spacial score (nSPS) is 26.4. The van der Waals surface area contributed by atoms with Crippen LogP contribution in [0.4, 0.5) is 4.39 Å². The SMILES string of the molecule is CC(=O)NC1C(C)=CC(C)C2c3occ(-c4ccc(F)cc4)c3C(=O)C(=O)C12. The first-order valence-corrected chi connectivity index (χ1v) is 9.21. The molecule has 2 aliphatic rings. The van der Waals surface area contributed by atoms with Crippen LogP contribution in [0.1, 0.15) is 42.8 Å². The van der Waals surface area contributed by atoms with Crippen LogP contribution < -0.4 is 5.32 Å². The maximum Gasteiger partial charge on any atom is 0.233 e.